The summed E-state index contributed by atoms with van der Waals surface area (Å²) in [5, 5.41) is 2.68. The maximum absolute atomic E-state index is 13.0. The van der Waals surface area contributed by atoms with Crippen LogP contribution in [0.2, 0.25) is 0 Å². The number of carbonyl (C=O) groups is 1. The number of halogens is 3. The lowest BCUT2D eigenvalue weighted by Gasteiger charge is -2.23. The van der Waals surface area contributed by atoms with Gasteiger partial charge in [-0.3, -0.25) is 4.79 Å². The molecule has 0 unspecified atom stereocenters. The molecule has 0 spiro atoms. The first kappa shape index (κ1) is 14.9. The van der Waals surface area contributed by atoms with Gasteiger partial charge in [-0.2, -0.15) is 0 Å². The molecule has 2 nitrogen and oxygen atoms in total. The topological polar surface area (TPSA) is 29.1 Å². The normalized spacial score (nSPS) is 11.4. The Morgan fingerprint density at radius 3 is 2.56 bits per heavy atom. The maximum atomic E-state index is 13.0. The summed E-state index contributed by atoms with van der Waals surface area (Å²) in [6, 6.07) is 3.08. The van der Waals surface area contributed by atoms with E-state index in [2.05, 4.69) is 5.32 Å². The van der Waals surface area contributed by atoms with E-state index in [9.17, 15) is 13.6 Å². The summed E-state index contributed by atoms with van der Waals surface area (Å²) in [7, 11) is 0. The molecule has 5 heteroatoms. The zero-order valence-corrected chi connectivity index (χ0v) is 11.2. The van der Waals surface area contributed by atoms with E-state index in [1.54, 1.807) is 0 Å². The average molecular weight is 276 g/mol. The molecule has 1 rings (SSSR count). The largest absolute Gasteiger partial charge is 0.352 e. The molecule has 0 aliphatic rings. The number of rotatable bonds is 5. The van der Waals surface area contributed by atoms with Crippen LogP contribution in [0.15, 0.2) is 18.2 Å². The van der Waals surface area contributed by atoms with Crippen molar-refractivity contribution in [2.45, 2.75) is 20.3 Å². The van der Waals surface area contributed by atoms with Crippen molar-refractivity contribution >= 4 is 17.5 Å². The van der Waals surface area contributed by atoms with Crippen LogP contribution in [0.3, 0.4) is 0 Å². The lowest BCUT2D eigenvalue weighted by molar-refractivity contribution is 0.0935. The lowest BCUT2D eigenvalue weighted by Crippen LogP contribution is -2.34. The molecule has 0 radical (unpaired) electrons. The highest BCUT2D eigenvalue weighted by molar-refractivity contribution is 6.17. The van der Waals surface area contributed by atoms with Gasteiger partial charge < -0.3 is 5.32 Å². The second-order valence-electron chi connectivity index (χ2n) is 4.91. The number of hydrogen-bond acceptors (Lipinski definition) is 1. The predicted molar refractivity (Wildman–Crippen MR) is 67.8 cm³/mol. The Morgan fingerprint density at radius 1 is 1.33 bits per heavy atom. The fraction of sp³-hybridized carbons (Fsp3) is 0.462. The fourth-order valence-corrected chi connectivity index (χ4v) is 1.91. The SMILES string of the molecule is CC(C)(CCCl)CNC(=O)c1ccc(F)c(F)c1. The number of nitrogens with one attached hydrogen (secondary N) is 1. The van der Waals surface area contributed by atoms with Gasteiger partial charge in [-0.05, 0) is 30.0 Å². The van der Waals surface area contributed by atoms with Crippen LogP contribution in [0, 0.1) is 17.0 Å². The zero-order chi connectivity index (χ0) is 13.8. The third-order valence-corrected chi connectivity index (χ3v) is 2.87. The molecule has 1 N–H and O–H groups in total. The van der Waals surface area contributed by atoms with Crippen LogP contribution < -0.4 is 5.32 Å². The Hall–Kier alpha value is -1.16. The quantitative estimate of drug-likeness (QED) is 0.821. The smallest absolute Gasteiger partial charge is 0.251 e. The van der Waals surface area contributed by atoms with Gasteiger partial charge in [-0.15, -0.1) is 11.6 Å². The van der Waals surface area contributed by atoms with E-state index in [-0.39, 0.29) is 11.0 Å². The average Bonchev–Trinajstić information content (AvgIpc) is 2.30. The molecule has 18 heavy (non-hydrogen) atoms. The van der Waals surface area contributed by atoms with E-state index >= 15 is 0 Å². The van der Waals surface area contributed by atoms with E-state index in [0.717, 1.165) is 18.6 Å². The Morgan fingerprint density at radius 2 is 2.00 bits per heavy atom. The summed E-state index contributed by atoms with van der Waals surface area (Å²) in [6.07, 6.45) is 0.757. The van der Waals surface area contributed by atoms with E-state index in [4.69, 9.17) is 11.6 Å². The lowest BCUT2D eigenvalue weighted by atomic mass is 9.90. The Labute approximate surface area is 110 Å². The van der Waals surface area contributed by atoms with Crippen LogP contribution in [0.25, 0.3) is 0 Å². The molecule has 1 aromatic carbocycles. The maximum Gasteiger partial charge on any atom is 0.251 e. The second kappa shape index (κ2) is 6.14. The van der Waals surface area contributed by atoms with Crippen molar-refractivity contribution in [1.82, 2.24) is 5.32 Å². The summed E-state index contributed by atoms with van der Waals surface area (Å²) >= 11 is 5.65. The minimum atomic E-state index is -1.03. The van der Waals surface area contributed by atoms with Gasteiger partial charge in [-0.25, -0.2) is 8.78 Å². The first-order chi connectivity index (χ1) is 8.35. The van der Waals surface area contributed by atoms with Crippen LogP contribution in [-0.2, 0) is 0 Å². The molecule has 0 fully saturated rings. The van der Waals surface area contributed by atoms with Crippen molar-refractivity contribution in [2.75, 3.05) is 12.4 Å². The minimum absolute atomic E-state index is 0.107. The van der Waals surface area contributed by atoms with Gasteiger partial charge in [0.2, 0.25) is 0 Å². The zero-order valence-electron chi connectivity index (χ0n) is 10.4. The van der Waals surface area contributed by atoms with Crippen molar-refractivity contribution < 1.29 is 13.6 Å². The third kappa shape index (κ3) is 4.26. The highest BCUT2D eigenvalue weighted by atomic mass is 35.5. The van der Waals surface area contributed by atoms with E-state index < -0.39 is 17.5 Å². The van der Waals surface area contributed by atoms with Crippen LogP contribution in [0.4, 0.5) is 8.78 Å². The Kier molecular flexibility index (Phi) is 5.08. The Bertz CT molecular complexity index is 435. The van der Waals surface area contributed by atoms with Crippen molar-refractivity contribution in [3.05, 3.63) is 35.4 Å². The highest BCUT2D eigenvalue weighted by Crippen LogP contribution is 2.19. The van der Waals surface area contributed by atoms with Gasteiger partial charge in [0.15, 0.2) is 11.6 Å². The van der Waals surface area contributed by atoms with Crippen molar-refractivity contribution in [2.24, 2.45) is 5.41 Å². The van der Waals surface area contributed by atoms with Crippen molar-refractivity contribution in [3.63, 3.8) is 0 Å². The van der Waals surface area contributed by atoms with Crippen LogP contribution >= 0.6 is 11.6 Å². The van der Waals surface area contributed by atoms with Gasteiger partial charge in [0, 0.05) is 18.0 Å². The molecule has 100 valence electrons. The van der Waals surface area contributed by atoms with Gasteiger partial charge in [-0.1, -0.05) is 13.8 Å². The van der Waals surface area contributed by atoms with Gasteiger partial charge in [0.05, 0.1) is 0 Å². The fourth-order valence-electron chi connectivity index (χ4n) is 1.40. The summed E-state index contributed by atoms with van der Waals surface area (Å²) in [6.45, 7) is 4.37. The molecule has 0 heterocycles. The van der Waals surface area contributed by atoms with Crippen molar-refractivity contribution in [3.8, 4) is 0 Å². The molecular formula is C13H16ClF2NO. The van der Waals surface area contributed by atoms with Gasteiger partial charge in [0.25, 0.3) is 5.91 Å². The molecule has 0 atom stereocenters. The number of carbonyl (C=O) groups excluding carboxylic acids is 1. The number of hydrogen-bond donors (Lipinski definition) is 1. The van der Waals surface area contributed by atoms with Crippen molar-refractivity contribution in [1.29, 1.82) is 0 Å². The molecule has 0 aliphatic carbocycles. The second-order valence-corrected chi connectivity index (χ2v) is 5.29. The summed E-state index contributed by atoms with van der Waals surface area (Å²) in [5.41, 5.74) is -0.0220. The molecule has 0 saturated heterocycles. The monoisotopic (exact) mass is 275 g/mol. The third-order valence-electron chi connectivity index (χ3n) is 2.68. The Balaban J connectivity index is 2.63. The highest BCUT2D eigenvalue weighted by Gasteiger charge is 2.19. The number of alkyl halides is 1. The molecule has 0 aliphatic heterocycles. The van der Waals surface area contributed by atoms with Crippen LogP contribution in [-0.4, -0.2) is 18.3 Å². The molecule has 0 saturated carbocycles. The van der Waals surface area contributed by atoms with E-state index in [0.29, 0.717) is 12.4 Å². The van der Waals surface area contributed by atoms with Gasteiger partial charge in [0.1, 0.15) is 0 Å². The van der Waals surface area contributed by atoms with E-state index in [1.807, 2.05) is 13.8 Å². The first-order valence-electron chi connectivity index (χ1n) is 5.65. The molecular weight excluding hydrogens is 260 g/mol. The standard InChI is InChI=1S/C13H16ClF2NO/c1-13(2,5-6-14)8-17-12(18)9-3-4-10(15)11(16)7-9/h3-4,7H,5-6,8H2,1-2H3,(H,17,18). The minimum Gasteiger partial charge on any atom is -0.352 e. The number of amides is 1. The summed E-state index contributed by atoms with van der Waals surface area (Å²) in [4.78, 5) is 11.7. The first-order valence-corrected chi connectivity index (χ1v) is 6.18. The molecule has 1 aromatic rings. The number of benzene rings is 1. The van der Waals surface area contributed by atoms with Crippen LogP contribution in [0.5, 0.6) is 0 Å². The summed E-state index contributed by atoms with van der Waals surface area (Å²) < 4.78 is 25.7. The molecule has 0 bridgehead atoms. The molecule has 0 aromatic heterocycles. The predicted octanol–water partition coefficient (Wildman–Crippen LogP) is 3.35. The van der Waals surface area contributed by atoms with E-state index in [1.165, 1.54) is 6.07 Å². The van der Waals surface area contributed by atoms with Crippen LogP contribution in [0.1, 0.15) is 30.6 Å². The molecule has 1 amide bonds. The van der Waals surface area contributed by atoms with Gasteiger partial charge >= 0.3 is 0 Å². The summed E-state index contributed by atoms with van der Waals surface area (Å²) in [5.74, 6) is -1.90.